The molecule has 1 aliphatic heterocycles. The zero-order chi connectivity index (χ0) is 13.7. The predicted molar refractivity (Wildman–Crippen MR) is 81.0 cm³/mol. The van der Waals surface area contributed by atoms with Gasteiger partial charge in [0.2, 0.25) is 0 Å². The third-order valence-electron chi connectivity index (χ3n) is 3.61. The van der Waals surface area contributed by atoms with Crippen LogP contribution in [0.1, 0.15) is 54.3 Å². The molecule has 0 atom stereocenters. The van der Waals surface area contributed by atoms with E-state index in [4.69, 9.17) is 0 Å². The number of hydrogen-bond acceptors (Lipinski definition) is 3. The van der Waals surface area contributed by atoms with Crippen molar-refractivity contribution < 1.29 is 4.79 Å². The largest absolute Gasteiger partial charge is 0.351 e. The average Bonchev–Trinajstić information content (AvgIpc) is 2.89. The van der Waals surface area contributed by atoms with Crippen molar-refractivity contribution in [3.63, 3.8) is 0 Å². The summed E-state index contributed by atoms with van der Waals surface area (Å²) in [6.07, 6.45) is 3.96. The summed E-state index contributed by atoms with van der Waals surface area (Å²) >= 11 is 1.68. The van der Waals surface area contributed by atoms with E-state index in [1.54, 1.807) is 11.3 Å². The van der Waals surface area contributed by atoms with Gasteiger partial charge in [0.1, 0.15) is 0 Å². The minimum atomic E-state index is 0.0696. The van der Waals surface area contributed by atoms with Gasteiger partial charge < -0.3 is 10.2 Å². The fourth-order valence-corrected chi connectivity index (χ4v) is 3.29. The molecule has 3 nitrogen and oxygen atoms in total. The fourth-order valence-electron chi connectivity index (χ4n) is 2.39. The van der Waals surface area contributed by atoms with Crippen LogP contribution >= 0.6 is 11.3 Å². The Bertz CT molecular complexity index is 408. The van der Waals surface area contributed by atoms with Crippen LogP contribution in [-0.4, -0.2) is 37.0 Å². The lowest BCUT2D eigenvalue weighted by molar-refractivity contribution is 0.0947. The second-order valence-corrected chi connectivity index (χ2v) is 6.49. The van der Waals surface area contributed by atoms with Crippen LogP contribution in [0.3, 0.4) is 0 Å². The van der Waals surface area contributed by atoms with Crippen molar-refractivity contribution >= 4 is 17.2 Å². The van der Waals surface area contributed by atoms with E-state index in [1.165, 1.54) is 37.2 Å². The SMILES string of the molecule is CC(C)c1cc(C(=O)NCCN2CCCCC2)cs1. The number of likely N-dealkylation sites (tertiary alicyclic amines) is 1. The first-order chi connectivity index (χ1) is 9.16. The lowest BCUT2D eigenvalue weighted by Gasteiger charge is -2.26. The molecule has 0 bridgehead atoms. The summed E-state index contributed by atoms with van der Waals surface area (Å²) in [5.41, 5.74) is 0.812. The van der Waals surface area contributed by atoms with Crippen LogP contribution in [0.25, 0.3) is 0 Å². The van der Waals surface area contributed by atoms with Crippen molar-refractivity contribution in [1.82, 2.24) is 10.2 Å². The van der Waals surface area contributed by atoms with Gasteiger partial charge in [-0.3, -0.25) is 4.79 Å². The van der Waals surface area contributed by atoms with Crippen LogP contribution in [0.4, 0.5) is 0 Å². The molecule has 19 heavy (non-hydrogen) atoms. The van der Waals surface area contributed by atoms with Crippen molar-refractivity contribution in [3.05, 3.63) is 21.9 Å². The Labute approximate surface area is 120 Å². The molecule has 1 aliphatic rings. The number of hydrogen-bond donors (Lipinski definition) is 1. The maximum absolute atomic E-state index is 12.0. The minimum Gasteiger partial charge on any atom is -0.351 e. The summed E-state index contributed by atoms with van der Waals surface area (Å²) in [5.74, 6) is 0.569. The van der Waals surface area contributed by atoms with Crippen LogP contribution in [0.5, 0.6) is 0 Å². The summed E-state index contributed by atoms with van der Waals surface area (Å²) in [7, 11) is 0. The van der Waals surface area contributed by atoms with Gasteiger partial charge >= 0.3 is 0 Å². The highest BCUT2D eigenvalue weighted by Crippen LogP contribution is 2.22. The Morgan fingerprint density at radius 1 is 1.37 bits per heavy atom. The number of nitrogens with zero attached hydrogens (tertiary/aromatic N) is 1. The van der Waals surface area contributed by atoms with Gasteiger partial charge in [0.15, 0.2) is 0 Å². The Morgan fingerprint density at radius 3 is 2.74 bits per heavy atom. The van der Waals surface area contributed by atoms with Crippen LogP contribution in [0, 0.1) is 0 Å². The fraction of sp³-hybridized carbons (Fsp3) is 0.667. The molecular weight excluding hydrogens is 256 g/mol. The molecule has 2 rings (SSSR count). The molecule has 1 aromatic rings. The lowest BCUT2D eigenvalue weighted by atomic mass is 10.1. The van der Waals surface area contributed by atoms with Crippen LogP contribution in [0.2, 0.25) is 0 Å². The van der Waals surface area contributed by atoms with Gasteiger partial charge in [-0.15, -0.1) is 11.3 Å². The van der Waals surface area contributed by atoms with E-state index in [9.17, 15) is 4.79 Å². The summed E-state index contributed by atoms with van der Waals surface area (Å²) in [4.78, 5) is 15.7. The first kappa shape index (κ1) is 14.5. The van der Waals surface area contributed by atoms with E-state index >= 15 is 0 Å². The lowest BCUT2D eigenvalue weighted by Crippen LogP contribution is -2.37. The molecule has 1 saturated heterocycles. The van der Waals surface area contributed by atoms with Crippen LogP contribution in [-0.2, 0) is 0 Å². The van der Waals surface area contributed by atoms with Gasteiger partial charge in [-0.1, -0.05) is 20.3 Å². The molecular formula is C15H24N2OS. The van der Waals surface area contributed by atoms with Crippen molar-refractivity contribution in [2.45, 2.75) is 39.0 Å². The van der Waals surface area contributed by atoms with E-state index in [-0.39, 0.29) is 5.91 Å². The highest BCUT2D eigenvalue weighted by atomic mass is 32.1. The van der Waals surface area contributed by atoms with E-state index in [1.807, 2.05) is 11.4 Å². The first-order valence-corrected chi connectivity index (χ1v) is 8.14. The summed E-state index contributed by atoms with van der Waals surface area (Å²) in [6, 6.07) is 2.02. The highest BCUT2D eigenvalue weighted by Gasteiger charge is 2.12. The Morgan fingerprint density at radius 2 is 2.11 bits per heavy atom. The number of carbonyl (C=O) groups is 1. The van der Waals surface area contributed by atoms with Gasteiger partial charge in [-0.2, -0.15) is 0 Å². The molecule has 4 heteroatoms. The molecule has 0 saturated carbocycles. The van der Waals surface area contributed by atoms with Crippen molar-refractivity contribution in [1.29, 1.82) is 0 Å². The van der Waals surface area contributed by atoms with E-state index in [0.29, 0.717) is 5.92 Å². The molecule has 0 aromatic carbocycles. The van der Waals surface area contributed by atoms with Gasteiger partial charge in [-0.25, -0.2) is 0 Å². The summed E-state index contributed by atoms with van der Waals surface area (Å²) < 4.78 is 0. The second-order valence-electron chi connectivity index (χ2n) is 5.55. The van der Waals surface area contributed by atoms with Gasteiger partial charge in [0.05, 0.1) is 5.56 Å². The van der Waals surface area contributed by atoms with E-state index < -0.39 is 0 Å². The molecule has 0 radical (unpaired) electrons. The number of piperidine rings is 1. The van der Waals surface area contributed by atoms with E-state index in [0.717, 1.165) is 18.7 Å². The Balaban J connectivity index is 1.74. The van der Waals surface area contributed by atoms with Crippen molar-refractivity contribution in [3.8, 4) is 0 Å². The minimum absolute atomic E-state index is 0.0696. The molecule has 2 heterocycles. The molecule has 1 aromatic heterocycles. The highest BCUT2D eigenvalue weighted by molar-refractivity contribution is 7.10. The number of rotatable bonds is 5. The monoisotopic (exact) mass is 280 g/mol. The van der Waals surface area contributed by atoms with Crippen molar-refractivity contribution in [2.24, 2.45) is 0 Å². The van der Waals surface area contributed by atoms with E-state index in [2.05, 4.69) is 24.1 Å². The van der Waals surface area contributed by atoms with Crippen molar-refractivity contribution in [2.75, 3.05) is 26.2 Å². The predicted octanol–water partition coefficient (Wildman–Crippen LogP) is 3.09. The summed E-state index contributed by atoms with van der Waals surface area (Å²) in [5, 5.41) is 4.99. The Hall–Kier alpha value is -0.870. The molecule has 106 valence electrons. The normalized spacial score (nSPS) is 16.8. The van der Waals surface area contributed by atoms with Gasteiger partial charge in [0, 0.05) is 23.3 Å². The number of thiophene rings is 1. The molecule has 1 N–H and O–H groups in total. The zero-order valence-corrected chi connectivity index (χ0v) is 12.8. The molecule has 1 fully saturated rings. The third kappa shape index (κ3) is 4.32. The quantitative estimate of drug-likeness (QED) is 0.899. The van der Waals surface area contributed by atoms with Crippen LogP contribution in [0.15, 0.2) is 11.4 Å². The first-order valence-electron chi connectivity index (χ1n) is 7.26. The molecule has 0 unspecified atom stereocenters. The molecule has 0 spiro atoms. The number of carbonyl (C=O) groups excluding carboxylic acids is 1. The molecule has 1 amide bonds. The zero-order valence-electron chi connectivity index (χ0n) is 11.9. The van der Waals surface area contributed by atoms with Gasteiger partial charge in [-0.05, 0) is 37.9 Å². The standard InChI is InChI=1S/C15H24N2OS/c1-12(2)14-10-13(11-19-14)15(18)16-6-9-17-7-4-3-5-8-17/h10-12H,3-9H2,1-2H3,(H,16,18). The van der Waals surface area contributed by atoms with Gasteiger partial charge in [0.25, 0.3) is 5.91 Å². The maximum atomic E-state index is 12.0. The number of nitrogens with one attached hydrogen (secondary N) is 1. The molecule has 0 aliphatic carbocycles. The number of amides is 1. The second kappa shape index (κ2) is 7.06. The average molecular weight is 280 g/mol. The maximum Gasteiger partial charge on any atom is 0.252 e. The topological polar surface area (TPSA) is 32.3 Å². The summed E-state index contributed by atoms with van der Waals surface area (Å²) in [6.45, 7) is 8.42. The third-order valence-corrected chi connectivity index (χ3v) is 4.85. The smallest absolute Gasteiger partial charge is 0.252 e. The Kier molecular flexibility index (Phi) is 5.40. The van der Waals surface area contributed by atoms with Crippen LogP contribution < -0.4 is 5.32 Å².